The van der Waals surface area contributed by atoms with Gasteiger partial charge in [-0.25, -0.2) is 15.2 Å². The number of pyridine rings is 1. The van der Waals surface area contributed by atoms with Gasteiger partial charge in [-0.2, -0.15) is 0 Å². The van der Waals surface area contributed by atoms with E-state index in [1.165, 1.54) is 17.5 Å². The Kier molecular flexibility index (Phi) is 4.78. The average Bonchev–Trinajstić information content (AvgIpc) is 3.09. The smallest absolute Gasteiger partial charge is 0.282 e. The van der Waals surface area contributed by atoms with E-state index in [-0.39, 0.29) is 5.69 Å². The zero-order valence-electron chi connectivity index (χ0n) is 12.4. The van der Waals surface area contributed by atoms with E-state index in [1.54, 1.807) is 18.2 Å². The summed E-state index contributed by atoms with van der Waals surface area (Å²) in [7, 11) is 0. The summed E-state index contributed by atoms with van der Waals surface area (Å²) in [5.74, 6) is -0.505. The van der Waals surface area contributed by atoms with Crippen LogP contribution >= 0.6 is 11.3 Å². The minimum absolute atomic E-state index is 0.207. The molecule has 2 heterocycles. The number of hydrogen-bond donors (Lipinski definition) is 3. The summed E-state index contributed by atoms with van der Waals surface area (Å²) in [4.78, 5) is 31.8. The third-order valence-electron chi connectivity index (χ3n) is 2.98. The van der Waals surface area contributed by atoms with E-state index in [9.17, 15) is 9.59 Å². The van der Waals surface area contributed by atoms with Crippen LogP contribution in [0, 0.1) is 0 Å². The minimum atomic E-state index is -0.590. The third kappa shape index (κ3) is 3.93. The third-order valence-corrected chi connectivity index (χ3v) is 3.74. The Morgan fingerprint density at radius 3 is 2.50 bits per heavy atom. The molecule has 120 valence electrons. The Hall–Kier alpha value is -3.26. The first kappa shape index (κ1) is 15.6. The summed E-state index contributed by atoms with van der Waals surface area (Å²) in [6.45, 7) is 0. The van der Waals surface area contributed by atoms with Gasteiger partial charge >= 0.3 is 6.03 Å². The Morgan fingerprint density at radius 1 is 0.958 bits per heavy atom. The molecule has 3 N–H and O–H groups in total. The Bertz CT molecular complexity index is 836. The predicted octanol–water partition coefficient (Wildman–Crippen LogP) is 2.67. The van der Waals surface area contributed by atoms with E-state index in [1.807, 2.05) is 35.7 Å². The van der Waals surface area contributed by atoms with Crippen molar-refractivity contribution in [3.8, 4) is 11.3 Å². The van der Waals surface area contributed by atoms with Gasteiger partial charge in [-0.1, -0.05) is 36.4 Å². The lowest BCUT2D eigenvalue weighted by Crippen LogP contribution is -2.44. The minimum Gasteiger partial charge on any atom is -0.282 e. The molecule has 8 heteroatoms. The topological polar surface area (TPSA) is 96.0 Å². The lowest BCUT2D eigenvalue weighted by molar-refractivity contribution is 0.0933. The van der Waals surface area contributed by atoms with E-state index in [0.29, 0.717) is 5.13 Å². The van der Waals surface area contributed by atoms with Crippen molar-refractivity contribution in [2.24, 2.45) is 0 Å². The maximum Gasteiger partial charge on any atom is 0.339 e. The number of rotatable bonds is 3. The summed E-state index contributed by atoms with van der Waals surface area (Å²) >= 11 is 1.30. The van der Waals surface area contributed by atoms with Gasteiger partial charge in [0.15, 0.2) is 5.13 Å². The van der Waals surface area contributed by atoms with Crippen LogP contribution in [0.15, 0.2) is 60.1 Å². The summed E-state index contributed by atoms with van der Waals surface area (Å²) < 4.78 is 0. The highest BCUT2D eigenvalue weighted by atomic mass is 32.1. The lowest BCUT2D eigenvalue weighted by Gasteiger charge is -2.06. The first-order valence-corrected chi connectivity index (χ1v) is 7.89. The molecule has 24 heavy (non-hydrogen) atoms. The summed E-state index contributed by atoms with van der Waals surface area (Å²) in [5, 5.41) is 4.83. The first-order chi connectivity index (χ1) is 11.7. The molecule has 2 aromatic heterocycles. The highest BCUT2D eigenvalue weighted by Gasteiger charge is 2.10. The number of nitrogens with one attached hydrogen (secondary N) is 3. The van der Waals surface area contributed by atoms with Crippen LogP contribution in [0.4, 0.5) is 9.93 Å². The lowest BCUT2D eigenvalue weighted by atomic mass is 10.2. The van der Waals surface area contributed by atoms with Crippen molar-refractivity contribution in [2.45, 2.75) is 0 Å². The largest absolute Gasteiger partial charge is 0.339 e. The Balaban J connectivity index is 1.54. The fourth-order valence-corrected chi connectivity index (χ4v) is 2.59. The number of thiazole rings is 1. The number of amides is 3. The number of hydrazine groups is 1. The molecule has 0 aliphatic carbocycles. The van der Waals surface area contributed by atoms with E-state index in [2.05, 4.69) is 26.1 Å². The summed E-state index contributed by atoms with van der Waals surface area (Å²) in [6.07, 6.45) is 1.50. The number of anilines is 1. The van der Waals surface area contributed by atoms with Crippen molar-refractivity contribution < 1.29 is 9.59 Å². The maximum atomic E-state index is 11.8. The maximum absolute atomic E-state index is 11.8. The van der Waals surface area contributed by atoms with Gasteiger partial charge in [-0.3, -0.25) is 20.5 Å². The molecule has 0 aliphatic rings. The van der Waals surface area contributed by atoms with E-state index < -0.39 is 11.9 Å². The molecule has 3 rings (SSSR count). The van der Waals surface area contributed by atoms with Crippen molar-refractivity contribution in [1.82, 2.24) is 20.8 Å². The molecule has 0 fully saturated rings. The van der Waals surface area contributed by atoms with Gasteiger partial charge in [0.05, 0.1) is 5.69 Å². The molecule has 0 unspecified atom stereocenters. The van der Waals surface area contributed by atoms with Gasteiger partial charge in [0.1, 0.15) is 5.69 Å². The molecule has 3 aromatic rings. The van der Waals surface area contributed by atoms with Crippen molar-refractivity contribution >= 4 is 28.4 Å². The fourth-order valence-electron chi connectivity index (χ4n) is 1.88. The van der Waals surface area contributed by atoms with Gasteiger partial charge < -0.3 is 0 Å². The van der Waals surface area contributed by atoms with Gasteiger partial charge in [0.2, 0.25) is 0 Å². The number of urea groups is 1. The van der Waals surface area contributed by atoms with Crippen molar-refractivity contribution in [2.75, 3.05) is 5.32 Å². The van der Waals surface area contributed by atoms with Crippen LogP contribution in [0.1, 0.15) is 10.5 Å². The number of hydrogen-bond acceptors (Lipinski definition) is 5. The molecular formula is C16H13N5O2S. The second kappa shape index (κ2) is 7.34. The first-order valence-electron chi connectivity index (χ1n) is 7.02. The van der Waals surface area contributed by atoms with Gasteiger partial charge in [0.25, 0.3) is 5.91 Å². The highest BCUT2D eigenvalue weighted by Crippen LogP contribution is 2.24. The number of carbonyl (C=O) groups excluding carboxylic acids is 2. The van der Waals surface area contributed by atoms with Crippen LogP contribution in [-0.4, -0.2) is 21.9 Å². The molecule has 7 nitrogen and oxygen atoms in total. The number of aromatic nitrogens is 2. The second-order valence-corrected chi connectivity index (χ2v) is 5.51. The van der Waals surface area contributed by atoms with Crippen LogP contribution < -0.4 is 16.2 Å². The van der Waals surface area contributed by atoms with Gasteiger partial charge in [-0.05, 0) is 12.1 Å². The Morgan fingerprint density at radius 2 is 1.75 bits per heavy atom. The zero-order valence-corrected chi connectivity index (χ0v) is 13.2. The van der Waals surface area contributed by atoms with Gasteiger partial charge in [0, 0.05) is 17.1 Å². The molecule has 0 bridgehead atoms. The van der Waals surface area contributed by atoms with Crippen molar-refractivity contribution in [3.63, 3.8) is 0 Å². The normalized spacial score (nSPS) is 10.0. The van der Waals surface area contributed by atoms with E-state index >= 15 is 0 Å². The van der Waals surface area contributed by atoms with Crippen LogP contribution in [0.3, 0.4) is 0 Å². The monoisotopic (exact) mass is 339 g/mol. The SMILES string of the molecule is O=C(NNC(=O)c1ccccn1)Nc1nc(-c2ccccc2)cs1. The molecule has 0 saturated heterocycles. The van der Waals surface area contributed by atoms with Crippen molar-refractivity contribution in [3.05, 3.63) is 65.8 Å². The molecular weight excluding hydrogens is 326 g/mol. The second-order valence-electron chi connectivity index (χ2n) is 4.65. The highest BCUT2D eigenvalue weighted by molar-refractivity contribution is 7.14. The van der Waals surface area contributed by atoms with Crippen LogP contribution in [0.25, 0.3) is 11.3 Å². The number of nitrogens with zero attached hydrogens (tertiary/aromatic N) is 2. The molecule has 3 amide bonds. The van der Waals surface area contributed by atoms with Gasteiger partial charge in [-0.15, -0.1) is 11.3 Å². The summed E-state index contributed by atoms with van der Waals surface area (Å²) in [5.41, 5.74) is 6.47. The van der Waals surface area contributed by atoms with Crippen LogP contribution in [-0.2, 0) is 0 Å². The molecule has 1 aromatic carbocycles. The van der Waals surface area contributed by atoms with Crippen LogP contribution in [0.2, 0.25) is 0 Å². The van der Waals surface area contributed by atoms with Crippen molar-refractivity contribution in [1.29, 1.82) is 0 Å². The number of carbonyl (C=O) groups is 2. The fraction of sp³-hybridized carbons (Fsp3) is 0. The molecule has 0 atom stereocenters. The number of benzene rings is 1. The molecule has 0 aliphatic heterocycles. The molecule has 0 radical (unpaired) electrons. The zero-order chi connectivity index (χ0) is 16.8. The average molecular weight is 339 g/mol. The van der Waals surface area contributed by atoms with Crippen LogP contribution in [0.5, 0.6) is 0 Å². The quantitative estimate of drug-likeness (QED) is 0.639. The summed E-state index contributed by atoms with van der Waals surface area (Å²) in [6, 6.07) is 14.0. The predicted molar refractivity (Wildman–Crippen MR) is 91.4 cm³/mol. The standard InChI is InChI=1S/C16H13N5O2S/c22-14(12-8-4-5-9-17-12)20-21-15(23)19-16-18-13(10-24-16)11-6-2-1-3-7-11/h1-10H,(H,20,22)(H2,18,19,21,23). The Labute approximate surface area is 141 Å². The molecule has 0 saturated carbocycles. The van der Waals surface area contributed by atoms with E-state index in [0.717, 1.165) is 11.3 Å². The van der Waals surface area contributed by atoms with E-state index in [4.69, 9.17) is 0 Å². The molecule has 0 spiro atoms.